The first-order valence-electron chi connectivity index (χ1n) is 10.5. The summed E-state index contributed by atoms with van der Waals surface area (Å²) in [4.78, 5) is 17.2. The number of hydrogen-bond acceptors (Lipinski definition) is 3. The van der Waals surface area contributed by atoms with Crippen molar-refractivity contribution >= 4 is 5.91 Å². The van der Waals surface area contributed by atoms with E-state index in [4.69, 9.17) is 0 Å². The van der Waals surface area contributed by atoms with E-state index in [0.717, 1.165) is 31.6 Å². The molecule has 2 aliphatic rings. The van der Waals surface area contributed by atoms with Crippen LogP contribution in [0.25, 0.3) is 0 Å². The van der Waals surface area contributed by atoms with Crippen LogP contribution in [0.2, 0.25) is 0 Å². The molecular formula is C24H30FN3O. The zero-order valence-electron chi connectivity index (χ0n) is 17.3. The molecule has 0 spiro atoms. The molecule has 2 aliphatic heterocycles. The lowest BCUT2D eigenvalue weighted by Crippen LogP contribution is -2.38. The Kier molecular flexibility index (Phi) is 5.97. The molecule has 2 fully saturated rings. The fourth-order valence-corrected chi connectivity index (χ4v) is 5.12. The molecule has 154 valence electrons. The molecule has 3 atom stereocenters. The number of nitrogens with zero attached hydrogens (tertiary/aromatic N) is 2. The van der Waals surface area contributed by atoms with Crippen LogP contribution in [-0.2, 0) is 11.2 Å². The Hall–Kier alpha value is -2.24. The van der Waals surface area contributed by atoms with Crippen molar-refractivity contribution in [2.45, 2.75) is 19.4 Å². The highest BCUT2D eigenvalue weighted by Gasteiger charge is 2.46. The molecular weight excluding hydrogens is 365 g/mol. The van der Waals surface area contributed by atoms with Crippen LogP contribution >= 0.6 is 0 Å². The van der Waals surface area contributed by atoms with E-state index < -0.39 is 0 Å². The van der Waals surface area contributed by atoms with Gasteiger partial charge in [-0.25, -0.2) is 4.39 Å². The predicted octanol–water partition coefficient (Wildman–Crippen LogP) is 3.03. The topological polar surface area (TPSA) is 35.6 Å². The number of benzene rings is 2. The molecule has 2 heterocycles. The number of halogens is 1. The van der Waals surface area contributed by atoms with Crippen molar-refractivity contribution in [3.8, 4) is 0 Å². The third-order valence-electron chi connectivity index (χ3n) is 6.49. The zero-order chi connectivity index (χ0) is 20.4. The molecule has 0 radical (unpaired) electrons. The zero-order valence-corrected chi connectivity index (χ0v) is 17.3. The minimum atomic E-state index is -0.230. The van der Waals surface area contributed by atoms with E-state index in [-0.39, 0.29) is 11.7 Å². The summed E-state index contributed by atoms with van der Waals surface area (Å²) in [6.07, 6.45) is 0.720. The van der Waals surface area contributed by atoms with Crippen LogP contribution in [0.5, 0.6) is 0 Å². The van der Waals surface area contributed by atoms with Gasteiger partial charge in [-0.2, -0.15) is 0 Å². The van der Waals surface area contributed by atoms with Crippen molar-refractivity contribution < 1.29 is 9.18 Å². The lowest BCUT2D eigenvalue weighted by Gasteiger charge is -2.28. The minimum absolute atomic E-state index is 0.0767. The van der Waals surface area contributed by atoms with Crippen molar-refractivity contribution in [2.75, 3.05) is 39.8 Å². The lowest BCUT2D eigenvalue weighted by molar-refractivity contribution is -0.122. The highest BCUT2D eigenvalue weighted by atomic mass is 19.1. The van der Waals surface area contributed by atoms with Crippen LogP contribution in [0.15, 0.2) is 48.5 Å². The van der Waals surface area contributed by atoms with Crippen molar-refractivity contribution in [1.82, 2.24) is 15.1 Å². The highest BCUT2D eigenvalue weighted by molar-refractivity contribution is 5.78. The molecule has 1 amide bonds. The number of amides is 1. The number of nitrogens with one attached hydrogen (secondary N) is 1. The lowest BCUT2D eigenvalue weighted by atomic mass is 9.88. The summed E-state index contributed by atoms with van der Waals surface area (Å²) in [6.45, 7) is 6.28. The molecule has 5 heteroatoms. The number of fused-ring (bicyclic) bond motifs is 1. The van der Waals surface area contributed by atoms with Crippen LogP contribution in [0.3, 0.4) is 0 Å². The van der Waals surface area contributed by atoms with Gasteiger partial charge in [-0.15, -0.1) is 0 Å². The molecule has 4 rings (SSSR count). The molecule has 2 aromatic rings. The van der Waals surface area contributed by atoms with Gasteiger partial charge in [0.2, 0.25) is 5.91 Å². The maximum Gasteiger partial charge on any atom is 0.234 e. The number of hydrogen-bond donors (Lipinski definition) is 1. The van der Waals surface area contributed by atoms with Crippen molar-refractivity contribution in [3.63, 3.8) is 0 Å². The van der Waals surface area contributed by atoms with Gasteiger partial charge in [0, 0.05) is 32.2 Å². The van der Waals surface area contributed by atoms with Crippen molar-refractivity contribution in [3.05, 3.63) is 71.0 Å². The van der Waals surface area contributed by atoms with E-state index in [0.29, 0.717) is 31.0 Å². The fraction of sp³-hybridized carbons (Fsp3) is 0.458. The molecule has 0 bridgehead atoms. The normalized spacial score (nSPS) is 24.6. The number of likely N-dealkylation sites (tertiary alicyclic amines) is 2. The number of rotatable bonds is 6. The second kappa shape index (κ2) is 8.64. The highest BCUT2D eigenvalue weighted by Crippen LogP contribution is 2.44. The SMILES string of the molecule is Cc1ccccc1[C@H]1[C@@H]2CN(CC(=O)NCCc3ccc(F)cc3)C[C@@H]2CN1C. The van der Waals surface area contributed by atoms with Gasteiger partial charge in [0.1, 0.15) is 5.82 Å². The Balaban J connectivity index is 1.29. The molecule has 2 aromatic carbocycles. The van der Waals surface area contributed by atoms with Gasteiger partial charge in [0.05, 0.1) is 6.54 Å². The predicted molar refractivity (Wildman–Crippen MR) is 113 cm³/mol. The van der Waals surface area contributed by atoms with Gasteiger partial charge in [0.15, 0.2) is 0 Å². The standard InChI is InChI=1S/C24H30FN3O/c1-17-5-3-4-6-21(17)24-22-15-28(14-19(22)13-27(24)2)16-23(29)26-12-11-18-7-9-20(25)10-8-18/h3-10,19,22,24H,11-16H2,1-2H3,(H,26,29)/t19-,22+,24-/m0/s1. The molecule has 0 unspecified atom stereocenters. The number of aryl methyl sites for hydroxylation is 1. The summed E-state index contributed by atoms with van der Waals surface area (Å²) in [5.41, 5.74) is 3.81. The summed E-state index contributed by atoms with van der Waals surface area (Å²) in [5, 5.41) is 3.01. The van der Waals surface area contributed by atoms with Gasteiger partial charge >= 0.3 is 0 Å². The van der Waals surface area contributed by atoms with Crippen molar-refractivity contribution in [2.24, 2.45) is 11.8 Å². The average Bonchev–Trinajstić information content (AvgIpc) is 3.20. The Morgan fingerprint density at radius 1 is 1.10 bits per heavy atom. The first kappa shape index (κ1) is 20.0. The summed E-state index contributed by atoms with van der Waals surface area (Å²) in [5.74, 6) is 1.05. The van der Waals surface area contributed by atoms with E-state index in [1.165, 1.54) is 23.3 Å². The fourth-order valence-electron chi connectivity index (χ4n) is 5.12. The molecule has 0 saturated carbocycles. The largest absolute Gasteiger partial charge is 0.355 e. The second-order valence-electron chi connectivity index (χ2n) is 8.59. The van der Waals surface area contributed by atoms with Gasteiger partial charge < -0.3 is 5.32 Å². The van der Waals surface area contributed by atoms with Gasteiger partial charge in [-0.3, -0.25) is 14.6 Å². The third-order valence-corrected chi connectivity index (χ3v) is 6.49. The van der Waals surface area contributed by atoms with Crippen LogP contribution in [0, 0.1) is 24.6 Å². The molecule has 29 heavy (non-hydrogen) atoms. The molecule has 4 nitrogen and oxygen atoms in total. The maximum atomic E-state index is 13.0. The minimum Gasteiger partial charge on any atom is -0.355 e. The van der Waals surface area contributed by atoms with Crippen LogP contribution in [0.1, 0.15) is 22.7 Å². The Morgan fingerprint density at radius 2 is 1.86 bits per heavy atom. The number of carbonyl (C=O) groups excluding carboxylic acids is 1. The van der Waals surface area contributed by atoms with E-state index in [1.54, 1.807) is 12.1 Å². The quantitative estimate of drug-likeness (QED) is 0.817. The molecule has 2 saturated heterocycles. The summed E-state index contributed by atoms with van der Waals surface area (Å²) in [7, 11) is 2.22. The first-order valence-corrected chi connectivity index (χ1v) is 10.5. The van der Waals surface area contributed by atoms with Crippen LogP contribution in [-0.4, -0.2) is 55.5 Å². The molecule has 0 aliphatic carbocycles. The van der Waals surface area contributed by atoms with Crippen LogP contribution < -0.4 is 5.32 Å². The van der Waals surface area contributed by atoms with E-state index in [2.05, 4.69) is 53.4 Å². The number of carbonyl (C=O) groups is 1. The van der Waals surface area contributed by atoms with Gasteiger partial charge in [-0.1, -0.05) is 36.4 Å². The van der Waals surface area contributed by atoms with Crippen molar-refractivity contribution in [1.29, 1.82) is 0 Å². The average molecular weight is 396 g/mol. The second-order valence-corrected chi connectivity index (χ2v) is 8.59. The van der Waals surface area contributed by atoms with Gasteiger partial charge in [0.25, 0.3) is 0 Å². The molecule has 1 N–H and O–H groups in total. The Bertz CT molecular complexity index is 853. The van der Waals surface area contributed by atoms with E-state index in [1.807, 2.05) is 0 Å². The summed E-state index contributed by atoms with van der Waals surface area (Å²) in [6, 6.07) is 15.6. The Labute approximate surface area is 172 Å². The van der Waals surface area contributed by atoms with E-state index in [9.17, 15) is 9.18 Å². The van der Waals surface area contributed by atoms with Crippen LogP contribution in [0.4, 0.5) is 4.39 Å². The van der Waals surface area contributed by atoms with Gasteiger partial charge in [-0.05, 0) is 61.1 Å². The molecule has 0 aromatic heterocycles. The Morgan fingerprint density at radius 3 is 2.62 bits per heavy atom. The monoisotopic (exact) mass is 395 g/mol. The summed E-state index contributed by atoms with van der Waals surface area (Å²) >= 11 is 0. The smallest absolute Gasteiger partial charge is 0.234 e. The first-order chi connectivity index (χ1) is 14.0. The third kappa shape index (κ3) is 4.51. The maximum absolute atomic E-state index is 13.0. The van der Waals surface area contributed by atoms with E-state index >= 15 is 0 Å². The summed E-state index contributed by atoms with van der Waals surface area (Å²) < 4.78 is 13.0.